The highest BCUT2D eigenvalue weighted by Crippen LogP contribution is 2.16. The Morgan fingerprint density at radius 2 is 1.88 bits per heavy atom. The predicted molar refractivity (Wildman–Crippen MR) is 103 cm³/mol. The summed E-state index contributed by atoms with van der Waals surface area (Å²) in [5, 5.41) is 5.75. The Bertz CT molecular complexity index is 775. The van der Waals surface area contributed by atoms with Crippen LogP contribution in [0.2, 0.25) is 0 Å². The maximum Gasteiger partial charge on any atom is 0.272 e. The number of aromatic nitrogens is 2. The van der Waals surface area contributed by atoms with Gasteiger partial charge in [-0.25, -0.2) is 0 Å². The number of nitrogen functional groups attached to an aromatic ring is 1. The Balaban J connectivity index is 1.91. The average Bonchev–Trinajstić information content (AvgIpc) is 3.05. The maximum absolute atomic E-state index is 12.3. The number of hydrogen-bond acceptors (Lipinski definition) is 4. The van der Waals surface area contributed by atoms with E-state index in [1.54, 1.807) is 30.1 Å². The van der Waals surface area contributed by atoms with E-state index in [1.807, 2.05) is 31.8 Å². The van der Waals surface area contributed by atoms with Crippen molar-refractivity contribution in [2.24, 2.45) is 14.1 Å². The van der Waals surface area contributed by atoms with Gasteiger partial charge in [-0.15, -0.1) is 0 Å². The fraction of sp³-hybridized carbons (Fsp3) is 0.444. The Labute approximate surface area is 153 Å². The summed E-state index contributed by atoms with van der Waals surface area (Å²) in [4.78, 5) is 26.5. The number of nitrogens with one attached hydrogen (secondary N) is 2. The normalized spacial score (nSPS) is 11.0. The van der Waals surface area contributed by atoms with Crippen LogP contribution in [-0.2, 0) is 25.3 Å². The monoisotopic (exact) mass is 360 g/mol. The van der Waals surface area contributed by atoms with Crippen molar-refractivity contribution in [3.8, 4) is 0 Å². The second-order valence-electron chi connectivity index (χ2n) is 6.74. The van der Waals surface area contributed by atoms with Crippen LogP contribution in [0, 0.1) is 0 Å². The zero-order valence-electron chi connectivity index (χ0n) is 15.9. The van der Waals surface area contributed by atoms with Crippen molar-refractivity contribution >= 4 is 23.2 Å². The number of rotatable bonds is 8. The minimum Gasteiger partial charge on any atom is -0.397 e. The number of nitrogens with two attached hydrogens (primary N) is 1. The molecular weight excluding hydrogens is 332 g/mol. The Kier molecular flexibility index (Phi) is 6.46. The summed E-state index contributed by atoms with van der Waals surface area (Å²) in [6.07, 6.45) is 4.66. The van der Waals surface area contributed by atoms with Crippen molar-refractivity contribution in [1.82, 2.24) is 19.4 Å². The molecule has 8 heteroatoms. The molecule has 142 valence electrons. The van der Waals surface area contributed by atoms with Crippen LogP contribution >= 0.6 is 0 Å². The van der Waals surface area contributed by atoms with E-state index in [0.717, 1.165) is 18.7 Å². The van der Waals surface area contributed by atoms with Crippen molar-refractivity contribution in [3.63, 3.8) is 0 Å². The third kappa shape index (κ3) is 5.38. The molecule has 0 aliphatic heterocycles. The van der Waals surface area contributed by atoms with Crippen LogP contribution in [0.25, 0.3) is 0 Å². The predicted octanol–water partition coefficient (Wildman–Crippen LogP) is 0.809. The Morgan fingerprint density at radius 3 is 2.50 bits per heavy atom. The van der Waals surface area contributed by atoms with Crippen LogP contribution < -0.4 is 16.4 Å². The first-order chi connectivity index (χ1) is 12.3. The van der Waals surface area contributed by atoms with E-state index in [-0.39, 0.29) is 18.2 Å². The first-order valence-corrected chi connectivity index (χ1v) is 8.56. The summed E-state index contributed by atoms with van der Waals surface area (Å²) < 4.78 is 3.52. The molecule has 0 atom stereocenters. The zero-order chi connectivity index (χ0) is 19.3. The average molecular weight is 360 g/mol. The van der Waals surface area contributed by atoms with Gasteiger partial charge in [0.15, 0.2) is 0 Å². The van der Waals surface area contributed by atoms with Gasteiger partial charge in [0.05, 0.1) is 17.8 Å². The summed E-state index contributed by atoms with van der Waals surface area (Å²) in [5.74, 6) is -0.271. The molecule has 2 heterocycles. The Morgan fingerprint density at radius 1 is 1.15 bits per heavy atom. The summed E-state index contributed by atoms with van der Waals surface area (Å²) >= 11 is 0. The highest BCUT2D eigenvalue weighted by atomic mass is 16.2. The number of anilines is 2. The number of hydrogen-bond donors (Lipinski definition) is 3. The smallest absolute Gasteiger partial charge is 0.272 e. The highest BCUT2D eigenvalue weighted by molar-refractivity contribution is 6.03. The van der Waals surface area contributed by atoms with Gasteiger partial charge in [-0.3, -0.25) is 9.59 Å². The van der Waals surface area contributed by atoms with Gasteiger partial charge < -0.3 is 30.4 Å². The van der Waals surface area contributed by atoms with E-state index in [4.69, 9.17) is 5.73 Å². The molecule has 2 rings (SSSR count). The van der Waals surface area contributed by atoms with E-state index in [9.17, 15) is 9.59 Å². The molecule has 2 aromatic heterocycles. The van der Waals surface area contributed by atoms with Gasteiger partial charge in [-0.2, -0.15) is 0 Å². The zero-order valence-corrected chi connectivity index (χ0v) is 15.9. The molecular formula is C18H28N6O2. The van der Waals surface area contributed by atoms with Crippen LogP contribution in [0.1, 0.15) is 22.6 Å². The molecule has 0 saturated carbocycles. The van der Waals surface area contributed by atoms with Gasteiger partial charge in [-0.05, 0) is 39.2 Å². The van der Waals surface area contributed by atoms with Crippen molar-refractivity contribution < 1.29 is 9.59 Å². The van der Waals surface area contributed by atoms with E-state index in [0.29, 0.717) is 23.6 Å². The molecule has 4 N–H and O–H groups in total. The topological polar surface area (TPSA) is 97.3 Å². The number of carbonyl (C=O) groups excluding carboxylic acids is 2. The molecule has 0 aliphatic carbocycles. The number of aryl methyl sites for hydroxylation is 2. The molecule has 2 aromatic rings. The quantitative estimate of drug-likeness (QED) is 0.607. The van der Waals surface area contributed by atoms with Gasteiger partial charge in [0.25, 0.3) is 5.91 Å². The first kappa shape index (κ1) is 19.6. The minimum atomic E-state index is -0.241. The van der Waals surface area contributed by atoms with Gasteiger partial charge in [0.1, 0.15) is 5.69 Å². The molecule has 8 nitrogen and oxygen atoms in total. The van der Waals surface area contributed by atoms with Crippen molar-refractivity contribution in [1.29, 1.82) is 0 Å². The van der Waals surface area contributed by atoms with E-state index >= 15 is 0 Å². The van der Waals surface area contributed by atoms with Crippen LogP contribution in [0.5, 0.6) is 0 Å². The molecule has 0 unspecified atom stereocenters. The minimum absolute atomic E-state index is 0.0296. The largest absolute Gasteiger partial charge is 0.397 e. The van der Waals surface area contributed by atoms with Crippen molar-refractivity contribution in [2.45, 2.75) is 12.8 Å². The lowest BCUT2D eigenvalue weighted by Crippen LogP contribution is -2.28. The van der Waals surface area contributed by atoms with E-state index in [1.165, 1.54) is 0 Å². The number of carbonyl (C=O) groups is 2. The maximum atomic E-state index is 12.3. The van der Waals surface area contributed by atoms with Crippen LogP contribution in [0.15, 0.2) is 24.5 Å². The van der Waals surface area contributed by atoms with E-state index < -0.39 is 0 Å². The molecule has 0 bridgehead atoms. The Hall–Kier alpha value is -2.74. The lowest BCUT2D eigenvalue weighted by Gasteiger charge is -2.10. The molecule has 2 amide bonds. The lowest BCUT2D eigenvalue weighted by atomic mass is 10.2. The van der Waals surface area contributed by atoms with Crippen LogP contribution in [0.4, 0.5) is 11.4 Å². The molecule has 0 spiro atoms. The van der Waals surface area contributed by atoms with Crippen LogP contribution in [0.3, 0.4) is 0 Å². The second kappa shape index (κ2) is 8.57. The standard InChI is InChI=1S/C18H28N6O2/c1-22(2)7-5-6-20-17(25)10-15-9-14(12-23(15)3)21-18(26)16-8-13(19)11-24(16)4/h8-9,11-12H,5-7,10,19H2,1-4H3,(H,20,25)(H,21,26). The molecule has 0 aromatic carbocycles. The molecule has 0 radical (unpaired) electrons. The second-order valence-corrected chi connectivity index (χ2v) is 6.74. The fourth-order valence-electron chi connectivity index (χ4n) is 2.72. The van der Waals surface area contributed by atoms with Gasteiger partial charge in [0, 0.05) is 38.7 Å². The first-order valence-electron chi connectivity index (χ1n) is 8.56. The lowest BCUT2D eigenvalue weighted by molar-refractivity contribution is -0.120. The van der Waals surface area contributed by atoms with Crippen LogP contribution in [-0.4, -0.2) is 53.0 Å². The number of amides is 2. The van der Waals surface area contributed by atoms with Gasteiger partial charge in [0.2, 0.25) is 5.91 Å². The molecule has 26 heavy (non-hydrogen) atoms. The molecule has 0 fully saturated rings. The summed E-state index contributed by atoms with van der Waals surface area (Å²) in [6.45, 7) is 1.59. The third-order valence-corrected chi connectivity index (χ3v) is 4.07. The highest BCUT2D eigenvalue weighted by Gasteiger charge is 2.14. The van der Waals surface area contributed by atoms with Gasteiger partial charge in [-0.1, -0.05) is 0 Å². The van der Waals surface area contributed by atoms with E-state index in [2.05, 4.69) is 15.5 Å². The SMILES string of the molecule is CN(C)CCCNC(=O)Cc1cc(NC(=O)c2cc(N)cn2C)cn1C. The van der Waals surface area contributed by atoms with Gasteiger partial charge >= 0.3 is 0 Å². The fourth-order valence-corrected chi connectivity index (χ4v) is 2.72. The molecule has 0 aliphatic rings. The third-order valence-electron chi connectivity index (χ3n) is 4.07. The summed E-state index contributed by atoms with van der Waals surface area (Å²) in [7, 11) is 7.63. The summed E-state index contributed by atoms with van der Waals surface area (Å²) in [6, 6.07) is 3.43. The van der Waals surface area contributed by atoms with Crippen molar-refractivity contribution in [2.75, 3.05) is 38.2 Å². The summed E-state index contributed by atoms with van der Waals surface area (Å²) in [5.41, 5.74) is 8.20. The number of nitrogens with zero attached hydrogens (tertiary/aromatic N) is 3. The molecule has 0 saturated heterocycles. The van der Waals surface area contributed by atoms with Crippen molar-refractivity contribution in [3.05, 3.63) is 35.9 Å².